The van der Waals surface area contributed by atoms with Gasteiger partial charge in [-0.2, -0.15) is 9.78 Å². The number of aromatic nitrogens is 4. The van der Waals surface area contributed by atoms with Crippen LogP contribution in [0.2, 0.25) is 5.02 Å². The fourth-order valence-corrected chi connectivity index (χ4v) is 2.33. The van der Waals surface area contributed by atoms with E-state index in [1.54, 1.807) is 18.2 Å². The fraction of sp³-hybridized carbons (Fsp3) is 0.250. The molecule has 0 amide bonds. The summed E-state index contributed by atoms with van der Waals surface area (Å²) < 4.78 is 6.52. The van der Waals surface area contributed by atoms with Crippen LogP contribution in [-0.4, -0.2) is 32.3 Å². The van der Waals surface area contributed by atoms with Crippen molar-refractivity contribution in [3.8, 4) is 5.82 Å². The first kappa shape index (κ1) is 16.2. The van der Waals surface area contributed by atoms with E-state index in [1.165, 1.54) is 17.1 Å². The van der Waals surface area contributed by atoms with E-state index in [1.807, 2.05) is 6.92 Å². The molecule has 0 fully saturated rings. The number of esters is 1. The summed E-state index contributed by atoms with van der Waals surface area (Å²) in [5, 5.41) is 4.71. The second-order valence-electron chi connectivity index (χ2n) is 5.21. The highest BCUT2D eigenvalue weighted by Gasteiger charge is 2.18. The zero-order chi connectivity index (χ0) is 17.1. The summed E-state index contributed by atoms with van der Waals surface area (Å²) in [6, 6.07) is 5.20. The first-order valence-corrected chi connectivity index (χ1v) is 7.91. The van der Waals surface area contributed by atoms with Crippen LogP contribution in [0.25, 0.3) is 16.9 Å². The number of nitrogens with two attached hydrogens (primary N) is 1. The van der Waals surface area contributed by atoms with Crippen LogP contribution in [0.5, 0.6) is 0 Å². The van der Waals surface area contributed by atoms with Gasteiger partial charge in [-0.15, -0.1) is 0 Å². The van der Waals surface area contributed by atoms with Gasteiger partial charge in [0.15, 0.2) is 5.82 Å². The van der Waals surface area contributed by atoms with Crippen molar-refractivity contribution in [1.82, 2.24) is 19.7 Å². The van der Waals surface area contributed by atoms with Crippen molar-refractivity contribution in [2.24, 2.45) is 0 Å². The van der Waals surface area contributed by atoms with E-state index >= 15 is 0 Å². The Hall–Kier alpha value is -2.67. The second kappa shape index (κ2) is 6.84. The zero-order valence-electron chi connectivity index (χ0n) is 13.1. The van der Waals surface area contributed by atoms with Crippen LogP contribution in [-0.2, 0) is 4.74 Å². The number of anilines is 1. The molecule has 1 aromatic carbocycles. The maximum absolute atomic E-state index is 12.0. The Balaban J connectivity index is 1.90. The number of carbonyl (C=O) groups is 1. The van der Waals surface area contributed by atoms with Gasteiger partial charge in [-0.25, -0.2) is 9.78 Å². The number of fused-ring (bicyclic) bond motifs is 1. The molecule has 0 saturated carbocycles. The third-order valence-electron chi connectivity index (χ3n) is 3.47. The zero-order valence-corrected chi connectivity index (χ0v) is 13.8. The van der Waals surface area contributed by atoms with Gasteiger partial charge in [0.25, 0.3) is 0 Å². The summed E-state index contributed by atoms with van der Waals surface area (Å²) in [6.45, 7) is 2.38. The standard InChI is InChI=1S/C16H16ClN5O2/c1-2-3-6-24-16(23)11-8-20-22(15(11)18)14-9-19-13-7-10(17)4-5-12(13)21-14/h4-5,7-9H,2-3,6,18H2,1H3. The predicted octanol–water partition coefficient (Wildman–Crippen LogP) is 3.01. The molecule has 124 valence electrons. The number of nitrogen functional groups attached to an aromatic ring is 1. The Labute approximate surface area is 143 Å². The Morgan fingerprint density at radius 3 is 2.96 bits per heavy atom. The molecule has 8 heteroatoms. The lowest BCUT2D eigenvalue weighted by Crippen LogP contribution is -2.10. The third kappa shape index (κ3) is 3.16. The molecule has 0 unspecified atom stereocenters. The Kier molecular flexibility index (Phi) is 4.61. The molecule has 3 aromatic rings. The van der Waals surface area contributed by atoms with Crippen molar-refractivity contribution in [3.05, 3.63) is 41.2 Å². The molecule has 3 rings (SSSR count). The van der Waals surface area contributed by atoms with Crippen LogP contribution in [0.15, 0.2) is 30.6 Å². The highest BCUT2D eigenvalue weighted by molar-refractivity contribution is 6.31. The number of hydrogen-bond acceptors (Lipinski definition) is 6. The van der Waals surface area contributed by atoms with E-state index in [9.17, 15) is 4.79 Å². The summed E-state index contributed by atoms with van der Waals surface area (Å²) in [6.07, 6.45) is 4.64. The minimum Gasteiger partial charge on any atom is -0.462 e. The van der Waals surface area contributed by atoms with Gasteiger partial charge in [0, 0.05) is 5.02 Å². The number of halogens is 1. The largest absolute Gasteiger partial charge is 0.462 e. The molecule has 2 aromatic heterocycles. The molecule has 0 bridgehead atoms. The maximum atomic E-state index is 12.0. The average molecular weight is 346 g/mol. The number of ether oxygens (including phenoxy) is 1. The van der Waals surface area contributed by atoms with Gasteiger partial charge in [-0.1, -0.05) is 24.9 Å². The average Bonchev–Trinajstić information content (AvgIpc) is 2.96. The number of nitrogens with zero attached hydrogens (tertiary/aromatic N) is 4. The lowest BCUT2D eigenvalue weighted by molar-refractivity contribution is 0.0501. The Morgan fingerprint density at radius 1 is 1.33 bits per heavy atom. The Morgan fingerprint density at radius 2 is 2.17 bits per heavy atom. The molecule has 0 saturated heterocycles. The first-order chi connectivity index (χ1) is 11.6. The summed E-state index contributed by atoms with van der Waals surface area (Å²) >= 11 is 5.93. The number of hydrogen-bond donors (Lipinski definition) is 1. The minimum absolute atomic E-state index is 0.166. The SMILES string of the molecule is CCCCOC(=O)c1cnn(-c2cnc3cc(Cl)ccc3n2)c1N. The smallest absolute Gasteiger partial charge is 0.343 e. The van der Waals surface area contributed by atoms with Crippen LogP contribution in [0.3, 0.4) is 0 Å². The number of carbonyl (C=O) groups excluding carboxylic acids is 1. The van der Waals surface area contributed by atoms with Crippen molar-refractivity contribution in [3.63, 3.8) is 0 Å². The predicted molar refractivity (Wildman–Crippen MR) is 91.3 cm³/mol. The molecule has 0 atom stereocenters. The normalized spacial score (nSPS) is 10.9. The summed E-state index contributed by atoms with van der Waals surface area (Å²) in [4.78, 5) is 20.8. The van der Waals surface area contributed by atoms with Crippen molar-refractivity contribution in [1.29, 1.82) is 0 Å². The molecule has 2 heterocycles. The Bertz CT molecular complexity index is 893. The topological polar surface area (TPSA) is 95.9 Å². The molecule has 0 aliphatic rings. The highest BCUT2D eigenvalue weighted by Crippen LogP contribution is 2.20. The van der Waals surface area contributed by atoms with Crippen molar-refractivity contribution in [2.45, 2.75) is 19.8 Å². The van der Waals surface area contributed by atoms with Gasteiger partial charge in [0.1, 0.15) is 11.4 Å². The van der Waals surface area contributed by atoms with Gasteiger partial charge in [0.05, 0.1) is 30.0 Å². The van der Waals surface area contributed by atoms with Gasteiger partial charge in [-0.05, 0) is 24.6 Å². The maximum Gasteiger partial charge on any atom is 0.343 e. The van der Waals surface area contributed by atoms with E-state index in [4.69, 9.17) is 22.1 Å². The molecular formula is C16H16ClN5O2. The first-order valence-electron chi connectivity index (χ1n) is 7.53. The van der Waals surface area contributed by atoms with Crippen LogP contribution < -0.4 is 5.73 Å². The number of unbranched alkanes of at least 4 members (excludes halogenated alkanes) is 1. The van der Waals surface area contributed by atoms with Crippen molar-refractivity contribution in [2.75, 3.05) is 12.3 Å². The van der Waals surface area contributed by atoms with E-state index in [0.29, 0.717) is 28.5 Å². The summed E-state index contributed by atoms with van der Waals surface area (Å²) in [7, 11) is 0. The van der Waals surface area contributed by atoms with Gasteiger partial charge >= 0.3 is 5.97 Å². The van der Waals surface area contributed by atoms with Crippen molar-refractivity contribution >= 4 is 34.4 Å². The van der Waals surface area contributed by atoms with Gasteiger partial charge < -0.3 is 10.5 Å². The van der Waals surface area contributed by atoms with Crippen LogP contribution in [0.4, 0.5) is 5.82 Å². The highest BCUT2D eigenvalue weighted by atomic mass is 35.5. The summed E-state index contributed by atoms with van der Waals surface area (Å²) in [5.41, 5.74) is 7.55. The van der Waals surface area contributed by atoms with E-state index in [-0.39, 0.29) is 11.4 Å². The number of benzene rings is 1. The van der Waals surface area contributed by atoms with Crippen LogP contribution in [0.1, 0.15) is 30.1 Å². The van der Waals surface area contributed by atoms with E-state index in [0.717, 1.165) is 12.8 Å². The molecule has 0 aliphatic carbocycles. The molecule has 0 aliphatic heterocycles. The molecule has 0 radical (unpaired) electrons. The summed E-state index contributed by atoms with van der Waals surface area (Å²) in [5.74, 6) is 0.0850. The third-order valence-corrected chi connectivity index (χ3v) is 3.70. The number of rotatable bonds is 5. The van der Waals surface area contributed by atoms with Crippen LogP contribution in [0, 0.1) is 0 Å². The molecular weight excluding hydrogens is 330 g/mol. The molecule has 2 N–H and O–H groups in total. The lowest BCUT2D eigenvalue weighted by Gasteiger charge is -2.06. The van der Waals surface area contributed by atoms with Crippen LogP contribution >= 0.6 is 11.6 Å². The minimum atomic E-state index is -0.493. The van der Waals surface area contributed by atoms with Crippen molar-refractivity contribution < 1.29 is 9.53 Å². The van der Waals surface area contributed by atoms with E-state index < -0.39 is 5.97 Å². The fourth-order valence-electron chi connectivity index (χ4n) is 2.16. The van der Waals surface area contributed by atoms with E-state index in [2.05, 4.69) is 15.1 Å². The molecule has 24 heavy (non-hydrogen) atoms. The lowest BCUT2D eigenvalue weighted by atomic mass is 10.3. The van der Waals surface area contributed by atoms with Gasteiger partial charge in [-0.3, -0.25) is 4.98 Å². The molecule has 0 spiro atoms. The quantitative estimate of drug-likeness (QED) is 0.564. The molecule has 7 nitrogen and oxygen atoms in total. The van der Waals surface area contributed by atoms with Gasteiger partial charge in [0.2, 0.25) is 0 Å². The second-order valence-corrected chi connectivity index (χ2v) is 5.64. The monoisotopic (exact) mass is 345 g/mol.